The van der Waals surface area contributed by atoms with E-state index in [0.29, 0.717) is 23.9 Å². The van der Waals surface area contributed by atoms with Crippen LogP contribution in [0.25, 0.3) is 0 Å². The maximum absolute atomic E-state index is 5.07. The second-order valence-corrected chi connectivity index (χ2v) is 4.93. The summed E-state index contributed by atoms with van der Waals surface area (Å²) >= 11 is 0. The highest BCUT2D eigenvalue weighted by molar-refractivity contribution is 5.35. The molecule has 0 radical (unpaired) electrons. The molecule has 2 N–H and O–H groups in total. The third-order valence-electron chi connectivity index (χ3n) is 3.40. The molecular weight excluding hydrogens is 268 g/mol. The van der Waals surface area contributed by atoms with Crippen LogP contribution in [0.4, 0.5) is 11.9 Å². The van der Waals surface area contributed by atoms with E-state index in [0.717, 1.165) is 32.5 Å². The molecule has 1 aromatic rings. The van der Waals surface area contributed by atoms with E-state index in [1.54, 1.807) is 14.2 Å². The number of aromatic nitrogens is 3. The second kappa shape index (κ2) is 9.33. The number of anilines is 2. The average molecular weight is 296 g/mol. The van der Waals surface area contributed by atoms with Crippen molar-refractivity contribution >= 4 is 11.9 Å². The van der Waals surface area contributed by atoms with Crippen LogP contribution in [-0.2, 0) is 0 Å². The van der Waals surface area contributed by atoms with Gasteiger partial charge in [0.2, 0.25) is 11.9 Å². The highest BCUT2D eigenvalue weighted by atomic mass is 16.5. The number of hydrogen-bond donors (Lipinski definition) is 2. The Balaban J connectivity index is 2.48. The van der Waals surface area contributed by atoms with Crippen LogP contribution in [0.2, 0.25) is 0 Å². The molecule has 0 aromatic carbocycles. The number of nitrogens with zero attached hydrogens (tertiary/aromatic N) is 4. The van der Waals surface area contributed by atoms with E-state index < -0.39 is 0 Å². The van der Waals surface area contributed by atoms with Crippen LogP contribution < -0.4 is 15.4 Å². The van der Waals surface area contributed by atoms with Gasteiger partial charge in [0, 0.05) is 13.1 Å². The molecule has 0 aliphatic rings. The van der Waals surface area contributed by atoms with Crippen LogP contribution in [0.3, 0.4) is 0 Å². The first kappa shape index (κ1) is 17.4. The van der Waals surface area contributed by atoms with Crippen LogP contribution in [0.1, 0.15) is 33.6 Å². The summed E-state index contributed by atoms with van der Waals surface area (Å²) < 4.78 is 5.07. The molecule has 0 aliphatic carbocycles. The van der Waals surface area contributed by atoms with Crippen molar-refractivity contribution in [3.8, 4) is 6.01 Å². The van der Waals surface area contributed by atoms with Gasteiger partial charge >= 0.3 is 6.01 Å². The molecule has 0 aliphatic heterocycles. The van der Waals surface area contributed by atoms with Crippen LogP contribution in [-0.4, -0.2) is 59.7 Å². The summed E-state index contributed by atoms with van der Waals surface area (Å²) in [5.41, 5.74) is 0. The van der Waals surface area contributed by atoms with Crippen molar-refractivity contribution in [1.82, 2.24) is 19.9 Å². The standard InChI is InChI=1S/C14H28N6O/c1-6-20(7-2)10-8-9-11(3)16-13-17-12(15-4)18-14(19-13)21-5/h11H,6-10H2,1-5H3,(H2,15,16,17,18,19). The first-order chi connectivity index (χ1) is 10.1. The zero-order valence-corrected chi connectivity index (χ0v) is 13.8. The zero-order chi connectivity index (χ0) is 15.7. The lowest BCUT2D eigenvalue weighted by Gasteiger charge is -2.19. The lowest BCUT2D eigenvalue weighted by molar-refractivity contribution is 0.295. The molecule has 1 unspecified atom stereocenters. The summed E-state index contributed by atoms with van der Waals surface area (Å²) in [5.74, 6) is 1.04. The van der Waals surface area contributed by atoms with Crippen molar-refractivity contribution in [2.24, 2.45) is 0 Å². The highest BCUT2D eigenvalue weighted by Crippen LogP contribution is 2.12. The predicted octanol–water partition coefficient (Wildman–Crippen LogP) is 1.84. The van der Waals surface area contributed by atoms with Gasteiger partial charge in [0.05, 0.1) is 7.11 Å². The Bertz CT molecular complexity index is 388. The zero-order valence-electron chi connectivity index (χ0n) is 13.8. The Morgan fingerprint density at radius 1 is 1.14 bits per heavy atom. The Morgan fingerprint density at radius 2 is 1.81 bits per heavy atom. The highest BCUT2D eigenvalue weighted by Gasteiger charge is 2.09. The fourth-order valence-corrected chi connectivity index (χ4v) is 2.08. The van der Waals surface area contributed by atoms with E-state index in [9.17, 15) is 0 Å². The molecule has 0 saturated carbocycles. The van der Waals surface area contributed by atoms with Crippen LogP contribution in [0.5, 0.6) is 6.01 Å². The van der Waals surface area contributed by atoms with E-state index in [1.165, 1.54) is 0 Å². The van der Waals surface area contributed by atoms with Gasteiger partial charge in [-0.25, -0.2) is 0 Å². The summed E-state index contributed by atoms with van der Waals surface area (Å²) in [7, 11) is 3.32. The molecular formula is C14H28N6O. The van der Waals surface area contributed by atoms with Gasteiger partial charge in [-0.15, -0.1) is 0 Å². The van der Waals surface area contributed by atoms with Gasteiger partial charge in [0.25, 0.3) is 0 Å². The van der Waals surface area contributed by atoms with Gasteiger partial charge in [0.1, 0.15) is 0 Å². The van der Waals surface area contributed by atoms with Gasteiger partial charge in [-0.1, -0.05) is 13.8 Å². The monoisotopic (exact) mass is 296 g/mol. The molecule has 7 heteroatoms. The van der Waals surface area contributed by atoms with Gasteiger partial charge < -0.3 is 20.3 Å². The third kappa shape index (κ3) is 6.12. The molecule has 0 saturated heterocycles. The molecule has 0 amide bonds. The maximum atomic E-state index is 5.07. The van der Waals surface area contributed by atoms with Crippen molar-refractivity contribution in [3.05, 3.63) is 0 Å². The number of rotatable bonds is 10. The van der Waals surface area contributed by atoms with Gasteiger partial charge in [-0.05, 0) is 39.4 Å². The first-order valence-corrected chi connectivity index (χ1v) is 7.59. The predicted molar refractivity (Wildman–Crippen MR) is 86.0 cm³/mol. The quantitative estimate of drug-likeness (QED) is 0.682. The lowest BCUT2D eigenvalue weighted by Crippen LogP contribution is -2.26. The fourth-order valence-electron chi connectivity index (χ4n) is 2.08. The molecule has 1 aromatic heterocycles. The normalized spacial score (nSPS) is 12.3. The number of hydrogen-bond acceptors (Lipinski definition) is 7. The summed E-state index contributed by atoms with van der Waals surface area (Å²) in [6, 6.07) is 0.615. The average Bonchev–Trinajstić information content (AvgIpc) is 2.51. The Morgan fingerprint density at radius 3 is 2.38 bits per heavy atom. The molecule has 0 bridgehead atoms. The third-order valence-corrected chi connectivity index (χ3v) is 3.40. The van der Waals surface area contributed by atoms with E-state index in [1.807, 2.05) is 0 Å². The minimum absolute atomic E-state index is 0.303. The number of nitrogens with one attached hydrogen (secondary N) is 2. The van der Waals surface area contributed by atoms with Gasteiger partial charge in [-0.2, -0.15) is 15.0 Å². The van der Waals surface area contributed by atoms with Crippen molar-refractivity contribution < 1.29 is 4.74 Å². The summed E-state index contributed by atoms with van der Waals surface area (Å²) in [6.07, 6.45) is 2.22. The first-order valence-electron chi connectivity index (χ1n) is 7.59. The van der Waals surface area contributed by atoms with E-state index >= 15 is 0 Å². The Kier molecular flexibility index (Phi) is 7.74. The van der Waals surface area contributed by atoms with E-state index in [4.69, 9.17) is 4.74 Å². The minimum atomic E-state index is 0.303. The Hall–Kier alpha value is -1.63. The summed E-state index contributed by atoms with van der Waals surface area (Å²) in [5, 5.41) is 6.20. The van der Waals surface area contributed by atoms with Crippen molar-refractivity contribution in [1.29, 1.82) is 0 Å². The fraction of sp³-hybridized carbons (Fsp3) is 0.786. The lowest BCUT2D eigenvalue weighted by atomic mass is 10.2. The maximum Gasteiger partial charge on any atom is 0.322 e. The molecule has 0 spiro atoms. The molecule has 120 valence electrons. The van der Waals surface area contributed by atoms with E-state index in [2.05, 4.69) is 51.3 Å². The van der Waals surface area contributed by atoms with Gasteiger partial charge in [0.15, 0.2) is 0 Å². The molecule has 21 heavy (non-hydrogen) atoms. The SMILES string of the molecule is CCN(CC)CCCC(C)Nc1nc(NC)nc(OC)n1. The molecule has 1 atom stereocenters. The molecule has 0 fully saturated rings. The smallest absolute Gasteiger partial charge is 0.322 e. The summed E-state index contributed by atoms with van der Waals surface area (Å²) in [6.45, 7) is 9.87. The van der Waals surface area contributed by atoms with Crippen LogP contribution in [0.15, 0.2) is 0 Å². The summed E-state index contributed by atoms with van der Waals surface area (Å²) in [4.78, 5) is 15.0. The number of methoxy groups -OCH3 is 1. The second-order valence-electron chi connectivity index (χ2n) is 4.93. The van der Waals surface area contributed by atoms with Crippen molar-refractivity contribution in [2.45, 2.75) is 39.7 Å². The topological polar surface area (TPSA) is 75.2 Å². The number of ether oxygens (including phenoxy) is 1. The minimum Gasteiger partial charge on any atom is -0.467 e. The van der Waals surface area contributed by atoms with E-state index in [-0.39, 0.29) is 0 Å². The largest absolute Gasteiger partial charge is 0.467 e. The molecule has 1 heterocycles. The van der Waals surface area contributed by atoms with Crippen LogP contribution in [0, 0.1) is 0 Å². The van der Waals surface area contributed by atoms with Gasteiger partial charge in [-0.3, -0.25) is 0 Å². The Labute approximate surface area is 127 Å². The van der Waals surface area contributed by atoms with Crippen molar-refractivity contribution in [3.63, 3.8) is 0 Å². The van der Waals surface area contributed by atoms with Crippen molar-refractivity contribution in [2.75, 3.05) is 44.4 Å². The van der Waals surface area contributed by atoms with Crippen LogP contribution >= 0.6 is 0 Å². The molecule has 1 rings (SSSR count). The molecule has 7 nitrogen and oxygen atoms in total.